The molecule has 0 aliphatic carbocycles. The molecule has 0 fully saturated rings. The van der Waals surface area contributed by atoms with Crippen molar-refractivity contribution >= 4 is 17.1 Å². The van der Waals surface area contributed by atoms with E-state index >= 15 is 0 Å². The van der Waals surface area contributed by atoms with Crippen LogP contribution in [0.4, 0.5) is 0 Å². The molecule has 136 valence electrons. The van der Waals surface area contributed by atoms with E-state index in [1.165, 1.54) is 22.6 Å². The van der Waals surface area contributed by atoms with Gasteiger partial charge in [0.05, 0.1) is 12.8 Å². The van der Waals surface area contributed by atoms with Gasteiger partial charge in [-0.05, 0) is 37.3 Å². The topological polar surface area (TPSA) is 105 Å². The average Bonchev–Trinajstić information content (AvgIpc) is 3.22. The standard InChI is InChI=1S/C18H15N5O4/c1-10-21-22(2)18(25)23(10)12-6-4-11(5-7-12)16-20-13-8-9-19-14(15(13)27-16)17(24)26-3/h4-9H,1-3H3. The number of aromatic nitrogens is 5. The van der Waals surface area contributed by atoms with E-state index < -0.39 is 5.97 Å². The number of ether oxygens (including phenoxy) is 1. The van der Waals surface area contributed by atoms with Crippen LogP contribution in [0.2, 0.25) is 0 Å². The second-order valence-corrected chi connectivity index (χ2v) is 5.85. The van der Waals surface area contributed by atoms with Crippen LogP contribution < -0.4 is 5.69 Å². The number of nitrogens with zero attached hydrogens (tertiary/aromatic N) is 5. The molecule has 27 heavy (non-hydrogen) atoms. The Labute approximate surface area is 152 Å². The van der Waals surface area contributed by atoms with Crippen molar-refractivity contribution in [1.29, 1.82) is 0 Å². The minimum absolute atomic E-state index is 0.0721. The molecule has 0 aliphatic heterocycles. The lowest BCUT2D eigenvalue weighted by molar-refractivity contribution is 0.0595. The minimum Gasteiger partial charge on any atom is -0.464 e. The Kier molecular flexibility index (Phi) is 3.84. The Balaban J connectivity index is 1.76. The van der Waals surface area contributed by atoms with Crippen molar-refractivity contribution in [1.82, 2.24) is 24.3 Å². The molecule has 0 aliphatic rings. The molecule has 9 heteroatoms. The highest BCUT2D eigenvalue weighted by Crippen LogP contribution is 2.26. The maximum Gasteiger partial charge on any atom is 0.360 e. The minimum atomic E-state index is -0.593. The van der Waals surface area contributed by atoms with E-state index in [0.29, 0.717) is 28.5 Å². The molecule has 0 amide bonds. The first-order valence-corrected chi connectivity index (χ1v) is 8.07. The fourth-order valence-electron chi connectivity index (χ4n) is 2.86. The van der Waals surface area contributed by atoms with Crippen LogP contribution in [0.5, 0.6) is 0 Å². The molecular weight excluding hydrogens is 350 g/mol. The van der Waals surface area contributed by atoms with Crippen molar-refractivity contribution in [2.24, 2.45) is 7.05 Å². The molecule has 0 radical (unpaired) electrons. The van der Waals surface area contributed by atoms with Gasteiger partial charge in [-0.3, -0.25) is 0 Å². The van der Waals surface area contributed by atoms with Gasteiger partial charge in [-0.15, -0.1) is 0 Å². The zero-order valence-electron chi connectivity index (χ0n) is 14.8. The molecular formula is C18H15N5O4. The van der Waals surface area contributed by atoms with E-state index in [9.17, 15) is 9.59 Å². The quantitative estimate of drug-likeness (QED) is 0.510. The number of esters is 1. The number of hydrogen-bond donors (Lipinski definition) is 0. The molecule has 4 rings (SSSR count). The van der Waals surface area contributed by atoms with Crippen LogP contribution in [0.25, 0.3) is 28.2 Å². The normalized spacial score (nSPS) is 11.1. The number of aryl methyl sites for hydroxylation is 2. The van der Waals surface area contributed by atoms with Gasteiger partial charge in [0.2, 0.25) is 5.89 Å². The molecule has 3 heterocycles. The Morgan fingerprint density at radius 2 is 1.93 bits per heavy atom. The fourth-order valence-corrected chi connectivity index (χ4v) is 2.86. The number of benzene rings is 1. The van der Waals surface area contributed by atoms with Crippen molar-refractivity contribution in [3.05, 3.63) is 58.5 Å². The number of hydrogen-bond acceptors (Lipinski definition) is 7. The maximum absolute atomic E-state index is 12.2. The Morgan fingerprint density at radius 1 is 1.19 bits per heavy atom. The third kappa shape index (κ3) is 2.69. The van der Waals surface area contributed by atoms with Gasteiger partial charge in [-0.2, -0.15) is 5.10 Å². The summed E-state index contributed by atoms with van der Waals surface area (Å²) in [6, 6.07) is 8.77. The number of fused-ring (bicyclic) bond motifs is 1. The number of pyridine rings is 1. The summed E-state index contributed by atoms with van der Waals surface area (Å²) in [5.74, 6) is 0.334. The van der Waals surface area contributed by atoms with Crippen molar-refractivity contribution < 1.29 is 13.9 Å². The van der Waals surface area contributed by atoms with E-state index in [1.54, 1.807) is 44.3 Å². The van der Waals surface area contributed by atoms with Gasteiger partial charge in [0, 0.05) is 18.8 Å². The van der Waals surface area contributed by atoms with Crippen molar-refractivity contribution in [2.75, 3.05) is 7.11 Å². The third-order valence-corrected chi connectivity index (χ3v) is 4.14. The largest absolute Gasteiger partial charge is 0.464 e. The molecule has 9 nitrogen and oxygen atoms in total. The highest BCUT2D eigenvalue weighted by molar-refractivity contribution is 5.99. The van der Waals surface area contributed by atoms with Gasteiger partial charge in [-0.25, -0.2) is 28.8 Å². The zero-order chi connectivity index (χ0) is 19.1. The zero-order valence-corrected chi connectivity index (χ0v) is 14.8. The number of carbonyl (C=O) groups is 1. The molecule has 3 aromatic heterocycles. The molecule has 0 N–H and O–H groups in total. The van der Waals surface area contributed by atoms with Crippen LogP contribution in [0.3, 0.4) is 0 Å². The van der Waals surface area contributed by atoms with Gasteiger partial charge in [-0.1, -0.05) is 0 Å². The summed E-state index contributed by atoms with van der Waals surface area (Å²) in [5.41, 5.74) is 1.99. The highest BCUT2D eigenvalue weighted by Gasteiger charge is 2.18. The summed E-state index contributed by atoms with van der Waals surface area (Å²) in [5, 5.41) is 4.12. The van der Waals surface area contributed by atoms with Gasteiger partial charge in [0.1, 0.15) is 11.3 Å². The van der Waals surface area contributed by atoms with E-state index in [4.69, 9.17) is 9.15 Å². The molecule has 0 saturated carbocycles. The smallest absolute Gasteiger partial charge is 0.360 e. The third-order valence-electron chi connectivity index (χ3n) is 4.14. The molecule has 0 saturated heterocycles. The van der Waals surface area contributed by atoms with Crippen molar-refractivity contribution in [3.8, 4) is 17.1 Å². The highest BCUT2D eigenvalue weighted by atomic mass is 16.5. The first kappa shape index (κ1) is 16.7. The number of methoxy groups -OCH3 is 1. The van der Waals surface area contributed by atoms with Crippen LogP contribution in [-0.2, 0) is 11.8 Å². The summed E-state index contributed by atoms with van der Waals surface area (Å²) in [7, 11) is 2.88. The lowest BCUT2D eigenvalue weighted by Gasteiger charge is -2.03. The Bertz CT molecular complexity index is 1220. The first-order valence-electron chi connectivity index (χ1n) is 8.07. The summed E-state index contributed by atoms with van der Waals surface area (Å²) in [6.45, 7) is 1.76. The SMILES string of the molecule is COC(=O)c1nccc2nc(-c3ccc(-n4c(C)nn(C)c4=O)cc3)oc12. The van der Waals surface area contributed by atoms with Crippen molar-refractivity contribution in [2.45, 2.75) is 6.92 Å². The second-order valence-electron chi connectivity index (χ2n) is 5.85. The van der Waals surface area contributed by atoms with E-state index in [1.807, 2.05) is 0 Å². The Hall–Kier alpha value is -3.75. The number of rotatable bonds is 3. The lowest BCUT2D eigenvalue weighted by Crippen LogP contribution is -2.21. The van der Waals surface area contributed by atoms with Gasteiger partial charge in [0.15, 0.2) is 11.3 Å². The van der Waals surface area contributed by atoms with Crippen LogP contribution in [-0.4, -0.2) is 37.4 Å². The van der Waals surface area contributed by atoms with Gasteiger partial charge in [0.25, 0.3) is 0 Å². The van der Waals surface area contributed by atoms with Crippen LogP contribution >= 0.6 is 0 Å². The van der Waals surface area contributed by atoms with Crippen LogP contribution in [0.15, 0.2) is 45.7 Å². The molecule has 0 spiro atoms. The average molecular weight is 365 g/mol. The second kappa shape index (κ2) is 6.20. The van der Waals surface area contributed by atoms with Gasteiger partial charge >= 0.3 is 11.7 Å². The summed E-state index contributed by atoms with van der Waals surface area (Å²) in [6.07, 6.45) is 1.47. The van der Waals surface area contributed by atoms with Crippen LogP contribution in [0, 0.1) is 6.92 Å². The molecule has 0 bridgehead atoms. The summed E-state index contributed by atoms with van der Waals surface area (Å²) in [4.78, 5) is 32.4. The number of oxazole rings is 1. The maximum atomic E-state index is 12.2. The van der Waals surface area contributed by atoms with Crippen LogP contribution in [0.1, 0.15) is 16.3 Å². The fraction of sp³-hybridized carbons (Fsp3) is 0.167. The Morgan fingerprint density at radius 3 is 2.56 bits per heavy atom. The monoisotopic (exact) mass is 365 g/mol. The lowest BCUT2D eigenvalue weighted by atomic mass is 10.2. The number of carbonyl (C=O) groups excluding carboxylic acids is 1. The first-order chi connectivity index (χ1) is 13.0. The van der Waals surface area contributed by atoms with Crippen molar-refractivity contribution in [3.63, 3.8) is 0 Å². The van der Waals surface area contributed by atoms with E-state index in [0.717, 1.165) is 0 Å². The van der Waals surface area contributed by atoms with E-state index in [2.05, 4.69) is 15.1 Å². The van der Waals surface area contributed by atoms with Gasteiger partial charge < -0.3 is 9.15 Å². The predicted molar refractivity (Wildman–Crippen MR) is 95.7 cm³/mol. The summed E-state index contributed by atoms with van der Waals surface area (Å²) >= 11 is 0. The van der Waals surface area contributed by atoms with E-state index in [-0.39, 0.29) is 17.0 Å². The summed E-state index contributed by atoms with van der Waals surface area (Å²) < 4.78 is 13.3. The molecule has 0 atom stereocenters. The molecule has 4 aromatic rings. The molecule has 1 aromatic carbocycles. The molecule has 0 unspecified atom stereocenters. The predicted octanol–water partition coefficient (Wildman–Crippen LogP) is 1.87.